The monoisotopic (exact) mass is 633 g/mol. The SMILES string of the molecule is CC1(C)c2ccccc2-c2ccc(-c3ccc(-c4nc(-c5ccccc5)nc(-c5cccc6oc7ccccc7c56)n4)cc3)cc2C1(C)C. The first-order chi connectivity index (χ1) is 23.8. The van der Waals surface area contributed by atoms with E-state index in [1.165, 1.54) is 27.8 Å². The second kappa shape index (κ2) is 10.8. The summed E-state index contributed by atoms with van der Waals surface area (Å²) < 4.78 is 6.20. The number of hydrogen-bond donors (Lipinski definition) is 0. The largest absolute Gasteiger partial charge is 0.456 e. The highest BCUT2D eigenvalue weighted by Crippen LogP contribution is 2.54. The van der Waals surface area contributed by atoms with Gasteiger partial charge in [-0.2, -0.15) is 0 Å². The van der Waals surface area contributed by atoms with Crippen molar-refractivity contribution in [1.29, 1.82) is 0 Å². The number of aromatic nitrogens is 3. The van der Waals surface area contributed by atoms with Crippen molar-refractivity contribution in [3.05, 3.63) is 151 Å². The van der Waals surface area contributed by atoms with E-state index >= 15 is 0 Å². The third-order valence-electron chi connectivity index (χ3n) is 10.9. The van der Waals surface area contributed by atoms with E-state index in [1.807, 2.05) is 60.7 Å². The molecule has 1 aliphatic carbocycles. The Hall–Kier alpha value is -5.87. The molecule has 236 valence electrons. The van der Waals surface area contributed by atoms with Crippen molar-refractivity contribution in [1.82, 2.24) is 15.0 Å². The molecule has 2 aromatic heterocycles. The lowest BCUT2D eigenvalue weighted by Crippen LogP contribution is -2.43. The number of rotatable bonds is 4. The first-order valence-electron chi connectivity index (χ1n) is 16.9. The minimum absolute atomic E-state index is 0.0149. The van der Waals surface area contributed by atoms with Gasteiger partial charge in [0.2, 0.25) is 0 Å². The number of fused-ring (bicyclic) bond motifs is 6. The van der Waals surface area contributed by atoms with Gasteiger partial charge in [0.1, 0.15) is 11.2 Å². The summed E-state index contributed by atoms with van der Waals surface area (Å²) in [6.07, 6.45) is 0. The molecule has 1 aliphatic rings. The quantitative estimate of drug-likeness (QED) is 0.193. The van der Waals surface area contributed by atoms with E-state index in [-0.39, 0.29) is 10.8 Å². The third-order valence-corrected chi connectivity index (χ3v) is 10.9. The zero-order valence-corrected chi connectivity index (χ0v) is 28.0. The third kappa shape index (κ3) is 4.55. The van der Waals surface area contributed by atoms with E-state index in [9.17, 15) is 0 Å². The van der Waals surface area contributed by atoms with Crippen LogP contribution < -0.4 is 0 Å². The number of benzene rings is 6. The Morgan fingerprint density at radius 3 is 1.76 bits per heavy atom. The van der Waals surface area contributed by atoms with Gasteiger partial charge in [-0.3, -0.25) is 0 Å². The van der Waals surface area contributed by atoms with Crippen LogP contribution in [0.2, 0.25) is 0 Å². The molecule has 49 heavy (non-hydrogen) atoms. The molecule has 4 nitrogen and oxygen atoms in total. The molecule has 0 spiro atoms. The Morgan fingerprint density at radius 2 is 0.959 bits per heavy atom. The highest BCUT2D eigenvalue weighted by molar-refractivity contribution is 6.11. The molecular weight excluding hydrogens is 599 g/mol. The molecule has 0 atom stereocenters. The maximum absolute atomic E-state index is 6.20. The van der Waals surface area contributed by atoms with Gasteiger partial charge in [-0.05, 0) is 62.4 Å². The molecule has 6 aromatic carbocycles. The summed E-state index contributed by atoms with van der Waals surface area (Å²) >= 11 is 0. The number of para-hydroxylation sites is 1. The van der Waals surface area contributed by atoms with Crippen LogP contribution >= 0.6 is 0 Å². The van der Waals surface area contributed by atoms with Crippen molar-refractivity contribution in [2.24, 2.45) is 0 Å². The van der Waals surface area contributed by atoms with Crippen LogP contribution in [0.1, 0.15) is 38.8 Å². The minimum Gasteiger partial charge on any atom is -0.456 e. The molecule has 2 heterocycles. The van der Waals surface area contributed by atoms with Gasteiger partial charge in [-0.15, -0.1) is 0 Å². The van der Waals surface area contributed by atoms with Crippen LogP contribution in [-0.4, -0.2) is 15.0 Å². The zero-order chi connectivity index (χ0) is 33.3. The van der Waals surface area contributed by atoms with Crippen LogP contribution in [0.25, 0.3) is 78.4 Å². The van der Waals surface area contributed by atoms with Crippen LogP contribution in [0.5, 0.6) is 0 Å². The second-order valence-electron chi connectivity index (χ2n) is 14.1. The second-order valence-corrected chi connectivity index (χ2v) is 14.1. The number of hydrogen-bond acceptors (Lipinski definition) is 4. The van der Waals surface area contributed by atoms with E-state index in [0.717, 1.165) is 44.2 Å². The summed E-state index contributed by atoms with van der Waals surface area (Å²) in [6.45, 7) is 9.51. The van der Waals surface area contributed by atoms with Gasteiger partial charge >= 0.3 is 0 Å². The molecule has 0 saturated carbocycles. The fourth-order valence-electron chi connectivity index (χ4n) is 7.53. The normalized spacial score (nSPS) is 14.4. The van der Waals surface area contributed by atoms with Crippen LogP contribution in [0.4, 0.5) is 0 Å². The molecular formula is C45H35N3O. The molecule has 0 N–H and O–H groups in total. The summed E-state index contributed by atoms with van der Waals surface area (Å²) in [4.78, 5) is 15.1. The van der Waals surface area contributed by atoms with Crippen LogP contribution in [0.15, 0.2) is 144 Å². The molecule has 4 heteroatoms. The van der Waals surface area contributed by atoms with Crippen molar-refractivity contribution < 1.29 is 4.42 Å². The van der Waals surface area contributed by atoms with E-state index in [2.05, 4.69) is 107 Å². The van der Waals surface area contributed by atoms with E-state index in [4.69, 9.17) is 19.4 Å². The lowest BCUT2D eigenvalue weighted by Gasteiger charge is -2.48. The molecule has 9 rings (SSSR count). The summed E-state index contributed by atoms with van der Waals surface area (Å²) in [7, 11) is 0. The minimum atomic E-state index is -0.0507. The molecule has 0 unspecified atom stereocenters. The Labute approximate surface area is 286 Å². The predicted molar refractivity (Wildman–Crippen MR) is 200 cm³/mol. The highest BCUT2D eigenvalue weighted by Gasteiger charge is 2.45. The number of nitrogens with zero attached hydrogens (tertiary/aromatic N) is 3. The summed E-state index contributed by atoms with van der Waals surface area (Å²) in [5.74, 6) is 1.88. The summed E-state index contributed by atoms with van der Waals surface area (Å²) in [6, 6.07) is 48.7. The van der Waals surface area contributed by atoms with Crippen molar-refractivity contribution in [2.75, 3.05) is 0 Å². The van der Waals surface area contributed by atoms with Crippen molar-refractivity contribution in [3.8, 4) is 56.4 Å². The summed E-state index contributed by atoms with van der Waals surface area (Å²) in [5.41, 5.74) is 12.2. The lowest BCUT2D eigenvalue weighted by atomic mass is 9.55. The summed E-state index contributed by atoms with van der Waals surface area (Å²) in [5, 5.41) is 2.05. The Balaban J connectivity index is 1.15. The molecule has 0 bridgehead atoms. The molecule has 0 fully saturated rings. The lowest BCUT2D eigenvalue weighted by molar-refractivity contribution is 0.299. The predicted octanol–water partition coefficient (Wildman–Crippen LogP) is 11.7. The van der Waals surface area contributed by atoms with Crippen molar-refractivity contribution in [2.45, 2.75) is 38.5 Å². The molecule has 0 aliphatic heterocycles. The highest BCUT2D eigenvalue weighted by atomic mass is 16.3. The van der Waals surface area contributed by atoms with Crippen LogP contribution in [0.3, 0.4) is 0 Å². The number of furan rings is 1. The van der Waals surface area contributed by atoms with E-state index in [0.29, 0.717) is 17.5 Å². The fourth-order valence-corrected chi connectivity index (χ4v) is 7.53. The Bertz CT molecular complexity index is 2540. The van der Waals surface area contributed by atoms with Gasteiger partial charge in [-0.1, -0.05) is 149 Å². The topological polar surface area (TPSA) is 51.8 Å². The Kier molecular flexibility index (Phi) is 6.47. The van der Waals surface area contributed by atoms with Crippen molar-refractivity contribution >= 4 is 21.9 Å². The van der Waals surface area contributed by atoms with E-state index in [1.54, 1.807) is 0 Å². The van der Waals surface area contributed by atoms with Gasteiger partial charge < -0.3 is 4.42 Å². The standard InChI is InChI=1S/C45H35N3O/c1-44(2)36-18-10-8-15-32(36)33-26-25-31(27-37(33)45(44,3)4)28-21-23-30(24-22-28)42-46-41(29-13-6-5-7-14-29)47-43(48-42)35-17-12-20-39-40(35)34-16-9-11-19-38(34)49-39/h5-27H,1-4H3. The molecule has 0 amide bonds. The zero-order valence-electron chi connectivity index (χ0n) is 28.0. The fraction of sp³-hybridized carbons (Fsp3) is 0.133. The average molecular weight is 634 g/mol. The maximum atomic E-state index is 6.20. The molecule has 8 aromatic rings. The first-order valence-corrected chi connectivity index (χ1v) is 16.9. The van der Waals surface area contributed by atoms with Gasteiger partial charge in [0.25, 0.3) is 0 Å². The Morgan fingerprint density at radius 1 is 0.408 bits per heavy atom. The van der Waals surface area contributed by atoms with Gasteiger partial charge in [-0.25, -0.2) is 15.0 Å². The molecule has 0 radical (unpaired) electrons. The van der Waals surface area contributed by atoms with Crippen LogP contribution in [-0.2, 0) is 10.8 Å². The van der Waals surface area contributed by atoms with E-state index < -0.39 is 0 Å². The van der Waals surface area contributed by atoms with Crippen molar-refractivity contribution in [3.63, 3.8) is 0 Å². The van der Waals surface area contributed by atoms with Gasteiger partial charge in [0, 0.05) is 27.5 Å². The average Bonchev–Trinajstić information content (AvgIpc) is 3.53. The van der Waals surface area contributed by atoms with Gasteiger partial charge in [0.15, 0.2) is 17.5 Å². The smallest absolute Gasteiger partial charge is 0.164 e. The first kappa shape index (κ1) is 29.3. The maximum Gasteiger partial charge on any atom is 0.164 e. The van der Waals surface area contributed by atoms with Crippen LogP contribution in [0, 0.1) is 0 Å². The molecule has 0 saturated heterocycles. The van der Waals surface area contributed by atoms with Gasteiger partial charge in [0.05, 0.1) is 0 Å².